The van der Waals surface area contributed by atoms with E-state index >= 15 is 0 Å². The number of ether oxygens (including phenoxy) is 3. The molecule has 0 aliphatic carbocycles. The van der Waals surface area contributed by atoms with Crippen molar-refractivity contribution in [3.63, 3.8) is 0 Å². The molecule has 2 heterocycles. The van der Waals surface area contributed by atoms with Gasteiger partial charge in [-0.1, -0.05) is 6.92 Å². The first-order chi connectivity index (χ1) is 11.6. The number of nitrogens with one attached hydrogen (secondary N) is 1. The number of morpholine rings is 1. The molecule has 0 bridgehead atoms. The van der Waals surface area contributed by atoms with Crippen LogP contribution in [0.3, 0.4) is 0 Å². The summed E-state index contributed by atoms with van der Waals surface area (Å²) in [6.07, 6.45) is 1.23. The lowest BCUT2D eigenvalue weighted by molar-refractivity contribution is -0.0331. The number of methoxy groups -OCH3 is 2. The van der Waals surface area contributed by atoms with Crippen LogP contribution in [0.1, 0.15) is 19.2 Å². The van der Waals surface area contributed by atoms with Crippen LogP contribution >= 0.6 is 0 Å². The molecular formula is C17H23N3O4. The van der Waals surface area contributed by atoms with Crippen molar-refractivity contribution in [2.45, 2.75) is 26.0 Å². The molecule has 1 N–H and O–H groups in total. The van der Waals surface area contributed by atoms with Crippen molar-refractivity contribution in [3.8, 4) is 11.5 Å². The smallest absolute Gasteiger partial charge is 0.258 e. The summed E-state index contributed by atoms with van der Waals surface area (Å²) in [4.78, 5) is 22.1. The van der Waals surface area contributed by atoms with Gasteiger partial charge in [-0.15, -0.1) is 0 Å². The molecule has 0 radical (unpaired) electrons. The van der Waals surface area contributed by atoms with E-state index in [1.165, 1.54) is 0 Å². The van der Waals surface area contributed by atoms with Crippen molar-refractivity contribution in [1.82, 2.24) is 14.9 Å². The molecule has 1 saturated heterocycles. The molecule has 1 aliphatic heterocycles. The van der Waals surface area contributed by atoms with Crippen molar-refractivity contribution < 1.29 is 14.2 Å². The first-order valence-corrected chi connectivity index (χ1v) is 8.13. The maximum atomic E-state index is 12.4. The third-order valence-electron chi connectivity index (χ3n) is 4.31. The number of nitrogens with zero attached hydrogens (tertiary/aromatic N) is 2. The molecule has 1 atom stereocenters. The van der Waals surface area contributed by atoms with E-state index < -0.39 is 0 Å². The van der Waals surface area contributed by atoms with E-state index in [0.29, 0.717) is 41.4 Å². The van der Waals surface area contributed by atoms with Gasteiger partial charge in [0.2, 0.25) is 0 Å². The van der Waals surface area contributed by atoms with Gasteiger partial charge in [-0.3, -0.25) is 9.69 Å². The van der Waals surface area contributed by atoms with Crippen LogP contribution in [0, 0.1) is 0 Å². The second-order valence-corrected chi connectivity index (χ2v) is 5.87. The molecule has 0 saturated carbocycles. The fourth-order valence-electron chi connectivity index (χ4n) is 2.97. The molecule has 1 aromatic heterocycles. The molecule has 1 aromatic carbocycles. The summed E-state index contributed by atoms with van der Waals surface area (Å²) < 4.78 is 16.2. The minimum absolute atomic E-state index is 0.170. The Kier molecular flexibility index (Phi) is 5.01. The van der Waals surface area contributed by atoms with E-state index in [9.17, 15) is 4.79 Å². The summed E-state index contributed by atoms with van der Waals surface area (Å²) in [5.41, 5.74) is 0.433. The molecule has 7 heteroatoms. The summed E-state index contributed by atoms with van der Waals surface area (Å²) in [7, 11) is 3.11. The highest BCUT2D eigenvalue weighted by molar-refractivity contribution is 5.81. The molecule has 0 amide bonds. The predicted octanol–water partition coefficient (Wildman–Crippen LogP) is 1.55. The third kappa shape index (κ3) is 3.37. The van der Waals surface area contributed by atoms with Crippen LogP contribution in [0.2, 0.25) is 0 Å². The zero-order valence-corrected chi connectivity index (χ0v) is 14.3. The lowest BCUT2D eigenvalue weighted by Gasteiger charge is -2.31. The Hall–Kier alpha value is -2.12. The van der Waals surface area contributed by atoms with E-state index in [-0.39, 0.29) is 11.7 Å². The fraction of sp³-hybridized carbons (Fsp3) is 0.529. The maximum absolute atomic E-state index is 12.4. The van der Waals surface area contributed by atoms with Crippen LogP contribution in [-0.2, 0) is 11.3 Å². The van der Waals surface area contributed by atoms with Crippen molar-refractivity contribution in [1.29, 1.82) is 0 Å². The van der Waals surface area contributed by atoms with Crippen LogP contribution in [0.4, 0.5) is 0 Å². The standard InChI is InChI=1S/C17H23N3O4/c1-4-11-9-20(5-6-24-11)10-16-18-13-8-15(23-3)14(22-2)7-12(13)17(21)19-16/h7-8,11H,4-6,9-10H2,1-3H3,(H,18,19,21)/t11-/m0/s1. The normalized spacial score (nSPS) is 18.7. The van der Waals surface area contributed by atoms with Crippen molar-refractivity contribution >= 4 is 10.9 Å². The van der Waals surface area contributed by atoms with E-state index in [4.69, 9.17) is 14.2 Å². The van der Waals surface area contributed by atoms with E-state index in [1.807, 2.05) is 0 Å². The average Bonchev–Trinajstić information content (AvgIpc) is 2.60. The quantitative estimate of drug-likeness (QED) is 0.895. The van der Waals surface area contributed by atoms with E-state index in [1.54, 1.807) is 26.4 Å². The highest BCUT2D eigenvalue weighted by Gasteiger charge is 2.20. The predicted molar refractivity (Wildman–Crippen MR) is 90.8 cm³/mol. The molecule has 0 spiro atoms. The number of benzene rings is 1. The topological polar surface area (TPSA) is 76.7 Å². The molecule has 0 unspecified atom stereocenters. The summed E-state index contributed by atoms with van der Waals surface area (Å²) in [6.45, 7) is 5.11. The highest BCUT2D eigenvalue weighted by atomic mass is 16.5. The Balaban J connectivity index is 1.91. The van der Waals surface area contributed by atoms with Crippen LogP contribution in [0.5, 0.6) is 11.5 Å². The van der Waals surface area contributed by atoms with Gasteiger partial charge in [-0.25, -0.2) is 4.98 Å². The zero-order valence-electron chi connectivity index (χ0n) is 14.3. The van der Waals surface area contributed by atoms with Gasteiger partial charge in [0.1, 0.15) is 5.82 Å². The molecule has 130 valence electrons. The number of aromatic amines is 1. The number of hydrogen-bond donors (Lipinski definition) is 1. The molecule has 3 rings (SSSR count). The first kappa shape index (κ1) is 16.7. The second kappa shape index (κ2) is 7.19. The van der Waals surface area contributed by atoms with Gasteiger partial charge in [0, 0.05) is 19.2 Å². The Morgan fingerprint density at radius 3 is 2.79 bits per heavy atom. The van der Waals surface area contributed by atoms with E-state index in [2.05, 4.69) is 21.8 Å². The maximum Gasteiger partial charge on any atom is 0.258 e. The van der Waals surface area contributed by atoms with Crippen LogP contribution in [0.25, 0.3) is 10.9 Å². The lowest BCUT2D eigenvalue weighted by atomic mass is 10.2. The number of H-pyrrole nitrogens is 1. The summed E-state index contributed by atoms with van der Waals surface area (Å²) in [6, 6.07) is 3.40. The molecule has 1 fully saturated rings. The van der Waals surface area contributed by atoms with Gasteiger partial charge in [-0.2, -0.15) is 0 Å². The van der Waals surface area contributed by atoms with Crippen molar-refractivity contribution in [2.75, 3.05) is 33.9 Å². The van der Waals surface area contributed by atoms with Gasteiger partial charge in [0.15, 0.2) is 11.5 Å². The summed E-state index contributed by atoms with van der Waals surface area (Å²) >= 11 is 0. The van der Waals surface area contributed by atoms with Crippen LogP contribution < -0.4 is 15.0 Å². The number of rotatable bonds is 5. The van der Waals surface area contributed by atoms with Crippen molar-refractivity contribution in [3.05, 3.63) is 28.3 Å². The van der Waals surface area contributed by atoms with Crippen molar-refractivity contribution in [2.24, 2.45) is 0 Å². The Morgan fingerprint density at radius 1 is 1.33 bits per heavy atom. The minimum atomic E-state index is -0.170. The number of fused-ring (bicyclic) bond motifs is 1. The third-order valence-corrected chi connectivity index (χ3v) is 4.31. The minimum Gasteiger partial charge on any atom is -0.493 e. The molecule has 7 nitrogen and oxygen atoms in total. The molecular weight excluding hydrogens is 310 g/mol. The van der Waals surface area contributed by atoms with Gasteiger partial charge in [0.05, 0.1) is 44.4 Å². The van der Waals surface area contributed by atoms with Gasteiger partial charge in [0.25, 0.3) is 5.56 Å². The monoisotopic (exact) mass is 333 g/mol. The van der Waals surface area contributed by atoms with Gasteiger partial charge >= 0.3 is 0 Å². The number of hydrogen-bond acceptors (Lipinski definition) is 6. The summed E-state index contributed by atoms with van der Waals surface area (Å²) in [5.74, 6) is 1.73. The molecule has 1 aliphatic rings. The first-order valence-electron chi connectivity index (χ1n) is 8.13. The fourth-order valence-corrected chi connectivity index (χ4v) is 2.97. The number of aromatic nitrogens is 2. The Morgan fingerprint density at radius 2 is 2.08 bits per heavy atom. The van der Waals surface area contributed by atoms with Crippen LogP contribution in [0.15, 0.2) is 16.9 Å². The van der Waals surface area contributed by atoms with Crippen LogP contribution in [-0.4, -0.2) is 54.9 Å². The highest BCUT2D eigenvalue weighted by Crippen LogP contribution is 2.29. The largest absolute Gasteiger partial charge is 0.493 e. The van der Waals surface area contributed by atoms with Gasteiger partial charge < -0.3 is 19.2 Å². The second-order valence-electron chi connectivity index (χ2n) is 5.87. The Labute approximate surface area is 140 Å². The Bertz CT molecular complexity index is 774. The summed E-state index contributed by atoms with van der Waals surface area (Å²) in [5, 5.41) is 0.491. The lowest BCUT2D eigenvalue weighted by Crippen LogP contribution is -2.42. The average molecular weight is 333 g/mol. The molecule has 2 aromatic rings. The zero-order chi connectivity index (χ0) is 17.1. The molecule has 24 heavy (non-hydrogen) atoms. The van der Waals surface area contributed by atoms with Gasteiger partial charge in [-0.05, 0) is 12.5 Å². The van der Waals surface area contributed by atoms with E-state index in [0.717, 1.165) is 19.5 Å². The SMILES string of the molecule is CC[C@H]1CN(Cc2nc3cc(OC)c(OC)cc3c(=O)[nH]2)CCO1.